The van der Waals surface area contributed by atoms with E-state index in [9.17, 15) is 12.9 Å². The molecule has 2 aromatic rings. The molecule has 1 nitrogen and oxygen atoms in total. The van der Waals surface area contributed by atoms with E-state index in [0.29, 0.717) is 12.4 Å². The molecule has 0 spiro atoms. The van der Waals surface area contributed by atoms with Crippen LogP contribution in [0, 0.1) is 0 Å². The van der Waals surface area contributed by atoms with E-state index in [1.54, 1.807) is 0 Å². The van der Waals surface area contributed by atoms with Crippen LogP contribution in [0.1, 0.15) is 18.1 Å². The van der Waals surface area contributed by atoms with Gasteiger partial charge < -0.3 is 17.7 Å². The quantitative estimate of drug-likeness (QED) is 0.744. The van der Waals surface area contributed by atoms with Gasteiger partial charge in [0, 0.05) is 0 Å². The maximum atomic E-state index is 12.5. The van der Waals surface area contributed by atoms with Crippen molar-refractivity contribution < 1.29 is 69.1 Å². The van der Waals surface area contributed by atoms with Crippen molar-refractivity contribution in [3.05, 3.63) is 59.7 Å². The molecule has 2 aromatic carbocycles. The number of hydrogen-bond donors (Lipinski definition) is 0. The van der Waals surface area contributed by atoms with Gasteiger partial charge in [-0.15, -0.1) is 5.46 Å². The first-order valence-electron chi connectivity index (χ1n) is 6.49. The van der Waals surface area contributed by atoms with E-state index in [4.69, 9.17) is 4.74 Å². The SMILES string of the molecule is CCc1ccc(COc2ccc([B-](F)(F)F)cc2)cc1.[K+]. The summed E-state index contributed by atoms with van der Waals surface area (Å²) >= 11 is 0. The number of aryl methyl sites for hydroxylation is 1. The number of ether oxygens (including phenoxy) is 1. The van der Waals surface area contributed by atoms with E-state index in [0.717, 1.165) is 24.1 Å². The fraction of sp³-hybridized carbons (Fsp3) is 0.200. The third-order valence-corrected chi connectivity index (χ3v) is 3.09. The van der Waals surface area contributed by atoms with Gasteiger partial charge in [0.2, 0.25) is 0 Å². The smallest absolute Gasteiger partial charge is 0.489 e. The first kappa shape index (κ1) is 18.8. The molecule has 0 aliphatic heterocycles. The Bertz CT molecular complexity index is 553. The molecule has 0 N–H and O–H groups in total. The van der Waals surface area contributed by atoms with Crippen LogP contribution in [0.2, 0.25) is 0 Å². The van der Waals surface area contributed by atoms with Crippen LogP contribution in [0.3, 0.4) is 0 Å². The molecule has 0 saturated carbocycles. The summed E-state index contributed by atoms with van der Waals surface area (Å²) in [6.07, 6.45) is 0.974. The van der Waals surface area contributed by atoms with Crippen molar-refractivity contribution in [2.45, 2.75) is 20.0 Å². The van der Waals surface area contributed by atoms with Crippen LogP contribution in [-0.2, 0) is 13.0 Å². The minimum Gasteiger partial charge on any atom is -0.489 e. The Kier molecular flexibility index (Phi) is 7.50. The molecule has 2 rings (SSSR count). The third kappa shape index (κ3) is 5.79. The Morgan fingerprint density at radius 3 is 1.86 bits per heavy atom. The molecule has 0 aliphatic rings. The van der Waals surface area contributed by atoms with Crippen LogP contribution in [0.5, 0.6) is 5.75 Å². The number of benzene rings is 2. The minimum atomic E-state index is -4.94. The average molecular weight is 318 g/mol. The monoisotopic (exact) mass is 318 g/mol. The fourth-order valence-corrected chi connectivity index (χ4v) is 1.82. The van der Waals surface area contributed by atoms with Crippen molar-refractivity contribution in [2.24, 2.45) is 0 Å². The van der Waals surface area contributed by atoms with Crippen molar-refractivity contribution in [1.82, 2.24) is 0 Å². The second-order valence-electron chi connectivity index (χ2n) is 4.60. The van der Waals surface area contributed by atoms with Crippen molar-refractivity contribution >= 4 is 12.4 Å². The summed E-state index contributed by atoms with van der Waals surface area (Å²) in [4.78, 5) is 0. The van der Waals surface area contributed by atoms with Gasteiger partial charge in [0.1, 0.15) is 12.4 Å². The molecule has 0 amide bonds. The average Bonchev–Trinajstić information content (AvgIpc) is 2.45. The molecular weight excluding hydrogens is 303 g/mol. The Morgan fingerprint density at radius 1 is 0.857 bits per heavy atom. The molecule has 21 heavy (non-hydrogen) atoms. The van der Waals surface area contributed by atoms with Gasteiger partial charge >= 0.3 is 58.4 Å². The first-order chi connectivity index (χ1) is 9.49. The van der Waals surface area contributed by atoms with Gasteiger partial charge in [0.15, 0.2) is 0 Å². The normalized spacial score (nSPS) is 10.9. The largest absolute Gasteiger partial charge is 1.00 e. The van der Waals surface area contributed by atoms with Crippen LogP contribution in [0.4, 0.5) is 12.9 Å². The van der Waals surface area contributed by atoms with E-state index >= 15 is 0 Å². The van der Waals surface area contributed by atoms with Gasteiger partial charge in [-0.2, -0.15) is 0 Å². The van der Waals surface area contributed by atoms with Crippen molar-refractivity contribution in [3.63, 3.8) is 0 Å². The van der Waals surface area contributed by atoms with Crippen LogP contribution in [0.25, 0.3) is 0 Å². The zero-order valence-corrected chi connectivity index (χ0v) is 15.3. The molecule has 0 aromatic heterocycles. The molecule has 0 aliphatic carbocycles. The molecule has 0 saturated heterocycles. The summed E-state index contributed by atoms with van der Waals surface area (Å²) in [5.41, 5.74) is 1.63. The summed E-state index contributed by atoms with van der Waals surface area (Å²) in [6, 6.07) is 12.8. The van der Waals surface area contributed by atoms with E-state index < -0.39 is 12.4 Å². The standard InChI is InChI=1S/C15H15BF3O.K/c1-2-12-3-5-13(6-4-12)11-20-15-9-7-14(8-10-15)16(17,18)19;/h3-10H,2,11H2,1H3;/q-1;+1. The summed E-state index contributed by atoms with van der Waals surface area (Å²) in [5.74, 6) is 0.438. The molecule has 0 bridgehead atoms. The van der Waals surface area contributed by atoms with Gasteiger partial charge in [-0.05, 0) is 29.7 Å². The topological polar surface area (TPSA) is 9.23 Å². The fourth-order valence-electron chi connectivity index (χ4n) is 1.82. The van der Waals surface area contributed by atoms with Gasteiger partial charge in [-0.25, -0.2) is 0 Å². The molecule has 0 fully saturated rings. The van der Waals surface area contributed by atoms with Gasteiger partial charge in [0.25, 0.3) is 0 Å². The van der Waals surface area contributed by atoms with Crippen molar-refractivity contribution in [1.29, 1.82) is 0 Å². The zero-order chi connectivity index (χ0) is 14.6. The summed E-state index contributed by atoms with van der Waals surface area (Å²) in [5, 5.41) is 0. The van der Waals surface area contributed by atoms with Gasteiger partial charge in [0.05, 0.1) is 0 Å². The zero-order valence-electron chi connectivity index (χ0n) is 12.2. The van der Waals surface area contributed by atoms with E-state index in [1.165, 1.54) is 17.7 Å². The first-order valence-corrected chi connectivity index (χ1v) is 6.49. The van der Waals surface area contributed by atoms with Crippen molar-refractivity contribution in [2.75, 3.05) is 0 Å². The Labute approximate surface area is 165 Å². The molecular formula is C15H15BF3KO. The third-order valence-electron chi connectivity index (χ3n) is 3.09. The van der Waals surface area contributed by atoms with E-state index in [-0.39, 0.29) is 51.4 Å². The summed E-state index contributed by atoms with van der Waals surface area (Å²) < 4.78 is 42.9. The number of rotatable bonds is 5. The second-order valence-corrected chi connectivity index (χ2v) is 4.60. The predicted octanol–water partition coefficient (Wildman–Crippen LogP) is 0.886. The predicted molar refractivity (Wildman–Crippen MR) is 75.3 cm³/mol. The molecule has 0 radical (unpaired) electrons. The second kappa shape index (κ2) is 8.39. The van der Waals surface area contributed by atoms with Crippen LogP contribution in [0.15, 0.2) is 48.5 Å². The number of hydrogen-bond acceptors (Lipinski definition) is 1. The van der Waals surface area contributed by atoms with Gasteiger partial charge in [-0.1, -0.05) is 43.3 Å². The van der Waals surface area contributed by atoms with Gasteiger partial charge in [-0.3, -0.25) is 0 Å². The van der Waals surface area contributed by atoms with Crippen LogP contribution in [-0.4, -0.2) is 6.98 Å². The minimum absolute atomic E-state index is 0. The molecule has 6 heteroatoms. The summed E-state index contributed by atoms with van der Waals surface area (Å²) in [6.45, 7) is -2.51. The maximum Gasteiger partial charge on any atom is 1.00 e. The Balaban J connectivity index is 0.00000220. The Morgan fingerprint density at radius 2 is 1.38 bits per heavy atom. The Hall–Kier alpha value is -0.269. The number of halogens is 3. The summed E-state index contributed by atoms with van der Waals surface area (Å²) in [7, 11) is 0. The molecule has 0 heterocycles. The van der Waals surface area contributed by atoms with E-state index in [1.807, 2.05) is 24.3 Å². The van der Waals surface area contributed by atoms with Crippen LogP contribution >= 0.6 is 0 Å². The van der Waals surface area contributed by atoms with Crippen LogP contribution < -0.4 is 61.6 Å². The van der Waals surface area contributed by atoms with Crippen molar-refractivity contribution in [3.8, 4) is 5.75 Å². The van der Waals surface area contributed by atoms with E-state index in [2.05, 4.69) is 6.92 Å². The molecule has 0 unspecified atom stereocenters. The maximum absolute atomic E-state index is 12.5. The molecule has 106 valence electrons. The molecule has 0 atom stereocenters.